The predicted octanol–water partition coefficient (Wildman–Crippen LogP) is 1.31. The minimum Gasteiger partial charge on any atom is -0.466 e. The Morgan fingerprint density at radius 3 is 2.39 bits per heavy atom. The van der Waals surface area contributed by atoms with Crippen LogP contribution in [0.15, 0.2) is 0 Å². The Hall–Kier alpha value is -0.650. The molecule has 0 fully saturated rings. The molecule has 108 valence electrons. The second-order valence-corrected chi connectivity index (χ2v) is 4.23. The number of ether oxygens (including phenoxy) is 3. The van der Waals surface area contributed by atoms with Gasteiger partial charge < -0.3 is 14.2 Å². The van der Waals surface area contributed by atoms with Crippen LogP contribution in [0.2, 0.25) is 0 Å². The van der Waals surface area contributed by atoms with Crippen LogP contribution in [-0.2, 0) is 19.0 Å². The van der Waals surface area contributed by atoms with E-state index in [9.17, 15) is 4.79 Å². The maximum Gasteiger partial charge on any atom is 0.307 e. The average molecular weight is 261 g/mol. The van der Waals surface area contributed by atoms with E-state index < -0.39 is 0 Å². The molecule has 0 aliphatic heterocycles. The van der Waals surface area contributed by atoms with Crippen LogP contribution in [0.5, 0.6) is 0 Å². The number of hydrogen-bond acceptors (Lipinski definition) is 5. The molecule has 0 aromatic rings. The minimum atomic E-state index is -0.140. The van der Waals surface area contributed by atoms with Gasteiger partial charge in [-0.25, -0.2) is 0 Å². The zero-order valence-electron chi connectivity index (χ0n) is 12.1. The highest BCUT2D eigenvalue weighted by molar-refractivity contribution is 5.70. The van der Waals surface area contributed by atoms with E-state index in [1.165, 1.54) is 0 Å². The third-order valence-corrected chi connectivity index (χ3v) is 2.77. The molecule has 5 nitrogen and oxygen atoms in total. The Kier molecular flexibility index (Phi) is 11.0. The molecule has 0 saturated carbocycles. The predicted molar refractivity (Wildman–Crippen MR) is 70.7 cm³/mol. The van der Waals surface area contributed by atoms with E-state index in [1.54, 1.807) is 14.2 Å². The van der Waals surface area contributed by atoms with Crippen LogP contribution in [0.1, 0.15) is 26.7 Å². The lowest BCUT2D eigenvalue weighted by Crippen LogP contribution is -2.38. The van der Waals surface area contributed by atoms with Gasteiger partial charge in [-0.3, -0.25) is 9.69 Å². The van der Waals surface area contributed by atoms with Gasteiger partial charge in [-0.05, 0) is 20.3 Å². The Bertz CT molecular complexity index is 211. The van der Waals surface area contributed by atoms with Gasteiger partial charge in [0, 0.05) is 40.0 Å². The Morgan fingerprint density at radius 2 is 1.83 bits per heavy atom. The fourth-order valence-electron chi connectivity index (χ4n) is 1.76. The molecule has 1 atom stereocenters. The third-order valence-electron chi connectivity index (χ3n) is 2.77. The fraction of sp³-hybridized carbons (Fsp3) is 0.923. The van der Waals surface area contributed by atoms with Crippen LogP contribution in [-0.4, -0.2) is 64.0 Å². The Morgan fingerprint density at radius 1 is 1.17 bits per heavy atom. The van der Waals surface area contributed by atoms with Crippen molar-refractivity contribution in [1.82, 2.24) is 4.90 Å². The molecule has 0 heterocycles. The summed E-state index contributed by atoms with van der Waals surface area (Å²) in [5.74, 6) is -0.140. The number of rotatable bonds is 11. The molecule has 1 unspecified atom stereocenters. The van der Waals surface area contributed by atoms with Crippen molar-refractivity contribution in [2.45, 2.75) is 32.7 Å². The summed E-state index contributed by atoms with van der Waals surface area (Å²) in [7, 11) is 3.38. The lowest BCUT2D eigenvalue weighted by atomic mass is 10.2. The minimum absolute atomic E-state index is 0.140. The van der Waals surface area contributed by atoms with Crippen molar-refractivity contribution in [3.8, 4) is 0 Å². The van der Waals surface area contributed by atoms with Crippen molar-refractivity contribution in [3.05, 3.63) is 0 Å². The molecule has 0 bridgehead atoms. The van der Waals surface area contributed by atoms with E-state index in [0.717, 1.165) is 26.1 Å². The van der Waals surface area contributed by atoms with Crippen LogP contribution >= 0.6 is 0 Å². The first-order valence-electron chi connectivity index (χ1n) is 6.53. The molecule has 0 aliphatic carbocycles. The van der Waals surface area contributed by atoms with Crippen LogP contribution in [0, 0.1) is 0 Å². The van der Waals surface area contributed by atoms with Crippen molar-refractivity contribution in [2.24, 2.45) is 0 Å². The average Bonchev–Trinajstić information content (AvgIpc) is 2.33. The zero-order chi connectivity index (χ0) is 13.8. The number of nitrogens with zero attached hydrogens (tertiary/aromatic N) is 1. The summed E-state index contributed by atoms with van der Waals surface area (Å²) in [6.45, 7) is 7.42. The van der Waals surface area contributed by atoms with Crippen LogP contribution < -0.4 is 0 Å². The normalized spacial score (nSPS) is 12.7. The largest absolute Gasteiger partial charge is 0.466 e. The standard InChI is InChI=1S/C13H27NO4/c1-5-18-13(15)11-12(2)14(8-10-17-4)7-6-9-16-3/h12H,5-11H2,1-4H3. The van der Waals surface area contributed by atoms with Gasteiger partial charge in [-0.2, -0.15) is 0 Å². The van der Waals surface area contributed by atoms with Gasteiger partial charge in [0.05, 0.1) is 19.6 Å². The van der Waals surface area contributed by atoms with Crippen molar-refractivity contribution in [1.29, 1.82) is 0 Å². The van der Waals surface area contributed by atoms with Gasteiger partial charge in [0.2, 0.25) is 0 Å². The van der Waals surface area contributed by atoms with E-state index in [4.69, 9.17) is 14.2 Å². The van der Waals surface area contributed by atoms with Gasteiger partial charge >= 0.3 is 5.97 Å². The van der Waals surface area contributed by atoms with Crippen molar-refractivity contribution in [3.63, 3.8) is 0 Å². The van der Waals surface area contributed by atoms with E-state index in [-0.39, 0.29) is 12.0 Å². The first-order valence-corrected chi connectivity index (χ1v) is 6.53. The zero-order valence-corrected chi connectivity index (χ0v) is 12.1. The summed E-state index contributed by atoms with van der Waals surface area (Å²) in [5, 5.41) is 0. The van der Waals surface area contributed by atoms with Gasteiger partial charge in [0.25, 0.3) is 0 Å². The van der Waals surface area contributed by atoms with Gasteiger partial charge in [0.1, 0.15) is 0 Å². The van der Waals surface area contributed by atoms with Crippen LogP contribution in [0.3, 0.4) is 0 Å². The number of methoxy groups -OCH3 is 2. The maximum atomic E-state index is 11.5. The summed E-state index contributed by atoms with van der Waals surface area (Å²) in [4.78, 5) is 13.7. The smallest absolute Gasteiger partial charge is 0.307 e. The number of esters is 1. The quantitative estimate of drug-likeness (QED) is 0.414. The second kappa shape index (κ2) is 11.4. The van der Waals surface area contributed by atoms with Gasteiger partial charge in [0.15, 0.2) is 0 Å². The second-order valence-electron chi connectivity index (χ2n) is 4.23. The molecule has 18 heavy (non-hydrogen) atoms. The van der Waals surface area contributed by atoms with Crippen LogP contribution in [0.4, 0.5) is 0 Å². The molecule has 5 heteroatoms. The SMILES string of the molecule is CCOC(=O)CC(C)N(CCCOC)CCOC. The molecule has 0 rings (SSSR count). The van der Waals surface area contributed by atoms with E-state index in [0.29, 0.717) is 19.6 Å². The number of carbonyl (C=O) groups excluding carboxylic acids is 1. The summed E-state index contributed by atoms with van der Waals surface area (Å²) >= 11 is 0. The summed E-state index contributed by atoms with van der Waals surface area (Å²) in [6.07, 6.45) is 1.37. The molecule has 0 aliphatic rings. The van der Waals surface area contributed by atoms with Crippen molar-refractivity contribution in [2.75, 3.05) is 47.1 Å². The Balaban J connectivity index is 4.11. The highest BCUT2D eigenvalue weighted by Gasteiger charge is 2.17. The fourth-order valence-corrected chi connectivity index (χ4v) is 1.76. The molecule has 0 aromatic heterocycles. The Labute approximate surface area is 110 Å². The van der Waals surface area contributed by atoms with Crippen molar-refractivity contribution < 1.29 is 19.0 Å². The first-order chi connectivity index (χ1) is 8.65. The topological polar surface area (TPSA) is 48.0 Å². The van der Waals surface area contributed by atoms with E-state index in [2.05, 4.69) is 4.90 Å². The summed E-state index contributed by atoms with van der Waals surface area (Å²) in [6, 6.07) is 0.163. The maximum absolute atomic E-state index is 11.5. The molecular formula is C13H27NO4. The molecule has 0 N–H and O–H groups in total. The number of carbonyl (C=O) groups is 1. The monoisotopic (exact) mass is 261 g/mol. The molecule has 0 saturated heterocycles. The van der Waals surface area contributed by atoms with Gasteiger partial charge in [-0.1, -0.05) is 0 Å². The van der Waals surface area contributed by atoms with Gasteiger partial charge in [-0.15, -0.1) is 0 Å². The van der Waals surface area contributed by atoms with E-state index in [1.807, 2.05) is 13.8 Å². The molecular weight excluding hydrogens is 234 g/mol. The van der Waals surface area contributed by atoms with E-state index >= 15 is 0 Å². The van der Waals surface area contributed by atoms with Crippen LogP contribution in [0.25, 0.3) is 0 Å². The first kappa shape index (κ1) is 17.4. The summed E-state index contributed by atoms with van der Waals surface area (Å²) in [5.41, 5.74) is 0. The lowest BCUT2D eigenvalue weighted by Gasteiger charge is -2.28. The van der Waals surface area contributed by atoms with Crippen molar-refractivity contribution >= 4 is 5.97 Å². The molecule has 0 aromatic carbocycles. The lowest BCUT2D eigenvalue weighted by molar-refractivity contribution is -0.144. The molecule has 0 spiro atoms. The third kappa shape index (κ3) is 8.44. The highest BCUT2D eigenvalue weighted by atomic mass is 16.5. The molecule has 0 radical (unpaired) electrons. The molecule has 0 amide bonds. The summed E-state index contributed by atoms with van der Waals surface area (Å²) < 4.78 is 15.1. The highest BCUT2D eigenvalue weighted by Crippen LogP contribution is 2.06. The number of hydrogen-bond donors (Lipinski definition) is 0.